The molecular formula is C20H22N4O4. The fraction of sp³-hybridized carbons (Fsp3) is 0.350. The number of furan rings is 1. The van der Waals surface area contributed by atoms with Gasteiger partial charge in [0.05, 0.1) is 18.3 Å². The summed E-state index contributed by atoms with van der Waals surface area (Å²) in [5, 5.41) is 12.5. The Hall–Kier alpha value is -3.29. The van der Waals surface area contributed by atoms with E-state index in [0.717, 1.165) is 12.8 Å². The van der Waals surface area contributed by atoms with E-state index in [4.69, 9.17) is 10.2 Å². The lowest BCUT2D eigenvalue weighted by molar-refractivity contribution is -0.128. The molecule has 0 radical (unpaired) electrons. The first-order chi connectivity index (χ1) is 13.4. The first-order valence-corrected chi connectivity index (χ1v) is 9.23. The van der Waals surface area contributed by atoms with Crippen LogP contribution in [0.1, 0.15) is 36.0 Å². The standard InChI is InChI=1S/C20H22N4O4/c1-11(9-13-3-2-8-28-13)20(27)24-10-12-4-6-15(24)17(12)23-19(26)14-5-7-16(25)18(21)22-14/h2-3,5,7-9,12,15,17,25H,4,6,10H2,1H3,(H2,21,22)(H,23,26)/b11-9+/t12-,15-,17-/m0/s1. The zero-order valence-corrected chi connectivity index (χ0v) is 15.5. The number of hydrogen-bond acceptors (Lipinski definition) is 6. The predicted octanol–water partition coefficient (Wildman–Crippen LogP) is 1.79. The zero-order chi connectivity index (χ0) is 19.8. The average Bonchev–Trinajstić information content (AvgIpc) is 3.40. The predicted molar refractivity (Wildman–Crippen MR) is 102 cm³/mol. The molecule has 0 aromatic carbocycles. The fourth-order valence-corrected chi connectivity index (χ4v) is 4.14. The Labute approximate surface area is 162 Å². The van der Waals surface area contributed by atoms with Crippen molar-refractivity contribution in [2.24, 2.45) is 5.92 Å². The van der Waals surface area contributed by atoms with Crippen molar-refractivity contribution in [3.63, 3.8) is 0 Å². The molecular weight excluding hydrogens is 360 g/mol. The van der Waals surface area contributed by atoms with Crippen molar-refractivity contribution >= 4 is 23.7 Å². The summed E-state index contributed by atoms with van der Waals surface area (Å²) in [4.78, 5) is 31.2. The van der Waals surface area contributed by atoms with E-state index in [9.17, 15) is 14.7 Å². The molecule has 8 heteroatoms. The van der Waals surface area contributed by atoms with Crippen LogP contribution in [0.15, 0.2) is 40.5 Å². The van der Waals surface area contributed by atoms with E-state index in [1.165, 1.54) is 12.1 Å². The van der Waals surface area contributed by atoms with Crippen molar-refractivity contribution in [2.45, 2.75) is 31.8 Å². The summed E-state index contributed by atoms with van der Waals surface area (Å²) < 4.78 is 5.28. The number of nitrogens with two attached hydrogens (primary N) is 1. The first kappa shape index (κ1) is 18.1. The highest BCUT2D eigenvalue weighted by Gasteiger charge is 2.49. The number of pyridine rings is 1. The van der Waals surface area contributed by atoms with Crippen molar-refractivity contribution in [2.75, 3.05) is 12.3 Å². The van der Waals surface area contributed by atoms with Gasteiger partial charge in [-0.1, -0.05) is 0 Å². The number of carbonyl (C=O) groups is 2. The van der Waals surface area contributed by atoms with Gasteiger partial charge >= 0.3 is 0 Å². The van der Waals surface area contributed by atoms with Gasteiger partial charge in [0, 0.05) is 12.1 Å². The summed E-state index contributed by atoms with van der Waals surface area (Å²) in [5.41, 5.74) is 6.32. The molecule has 8 nitrogen and oxygen atoms in total. The number of nitrogens with zero attached hydrogens (tertiary/aromatic N) is 2. The third-order valence-electron chi connectivity index (χ3n) is 5.52. The second-order valence-corrected chi connectivity index (χ2v) is 7.31. The van der Waals surface area contributed by atoms with Crippen LogP contribution in [-0.2, 0) is 4.79 Å². The Morgan fingerprint density at radius 2 is 2.18 bits per heavy atom. The summed E-state index contributed by atoms with van der Waals surface area (Å²) >= 11 is 0. The van der Waals surface area contributed by atoms with E-state index in [-0.39, 0.29) is 47.1 Å². The maximum Gasteiger partial charge on any atom is 0.270 e. The number of nitrogen functional groups attached to an aromatic ring is 1. The average molecular weight is 382 g/mol. The summed E-state index contributed by atoms with van der Waals surface area (Å²) in [6.45, 7) is 2.39. The molecule has 3 heterocycles. The van der Waals surface area contributed by atoms with Crippen LogP contribution in [0.3, 0.4) is 0 Å². The molecule has 0 unspecified atom stereocenters. The second-order valence-electron chi connectivity index (χ2n) is 7.31. The van der Waals surface area contributed by atoms with Crippen molar-refractivity contribution in [1.82, 2.24) is 15.2 Å². The molecule has 28 heavy (non-hydrogen) atoms. The molecule has 2 aliphatic rings. The van der Waals surface area contributed by atoms with Crippen LogP contribution >= 0.6 is 0 Å². The van der Waals surface area contributed by atoms with Gasteiger partial charge in [-0.2, -0.15) is 0 Å². The molecule has 2 bridgehead atoms. The maximum atomic E-state index is 12.9. The van der Waals surface area contributed by atoms with Crippen LogP contribution < -0.4 is 11.1 Å². The van der Waals surface area contributed by atoms with E-state index in [1.807, 2.05) is 4.90 Å². The normalized spacial score (nSPS) is 23.8. The minimum Gasteiger partial charge on any atom is -0.504 e. The number of piperidine rings is 1. The number of rotatable bonds is 4. The highest BCUT2D eigenvalue weighted by molar-refractivity contribution is 5.98. The topological polar surface area (TPSA) is 122 Å². The number of likely N-dealkylation sites (tertiary alicyclic amines) is 1. The number of nitrogens with one attached hydrogen (secondary N) is 1. The van der Waals surface area contributed by atoms with E-state index in [2.05, 4.69) is 10.3 Å². The largest absolute Gasteiger partial charge is 0.504 e. The van der Waals surface area contributed by atoms with Crippen molar-refractivity contribution < 1.29 is 19.1 Å². The van der Waals surface area contributed by atoms with Gasteiger partial charge in [0.15, 0.2) is 11.6 Å². The lowest BCUT2D eigenvalue weighted by Crippen LogP contribution is -2.45. The molecule has 2 amide bonds. The molecule has 1 saturated carbocycles. The SMILES string of the molecule is C/C(=C\c1ccco1)C(=O)N1C[C@@H]2CC[C@H]1[C@H]2NC(=O)c1ccc(O)c(N)n1. The van der Waals surface area contributed by atoms with Gasteiger partial charge in [0.25, 0.3) is 5.91 Å². The molecule has 1 aliphatic carbocycles. The van der Waals surface area contributed by atoms with Gasteiger partial charge in [-0.15, -0.1) is 0 Å². The minimum absolute atomic E-state index is 0.0455. The smallest absolute Gasteiger partial charge is 0.270 e. The molecule has 2 aromatic rings. The Morgan fingerprint density at radius 3 is 2.89 bits per heavy atom. The van der Waals surface area contributed by atoms with Gasteiger partial charge in [-0.3, -0.25) is 9.59 Å². The van der Waals surface area contributed by atoms with Crippen molar-refractivity contribution in [3.8, 4) is 5.75 Å². The molecule has 2 aromatic heterocycles. The molecule has 1 aliphatic heterocycles. The second kappa shape index (κ2) is 7.03. The number of amides is 2. The third kappa shape index (κ3) is 3.21. The molecule has 0 spiro atoms. The first-order valence-electron chi connectivity index (χ1n) is 9.23. The number of hydrogen-bond donors (Lipinski definition) is 3. The lowest BCUT2D eigenvalue weighted by atomic mass is 10.1. The van der Waals surface area contributed by atoms with Crippen LogP contribution in [0.2, 0.25) is 0 Å². The molecule has 146 valence electrons. The monoisotopic (exact) mass is 382 g/mol. The van der Waals surface area contributed by atoms with Crippen LogP contribution in [0.25, 0.3) is 6.08 Å². The van der Waals surface area contributed by atoms with Gasteiger partial charge < -0.3 is 25.5 Å². The van der Waals surface area contributed by atoms with Crippen LogP contribution in [-0.4, -0.2) is 45.4 Å². The molecule has 4 rings (SSSR count). The number of fused-ring (bicyclic) bond motifs is 2. The van der Waals surface area contributed by atoms with Crippen molar-refractivity contribution in [3.05, 3.63) is 47.6 Å². The summed E-state index contributed by atoms with van der Waals surface area (Å²) in [7, 11) is 0. The van der Waals surface area contributed by atoms with Gasteiger partial charge in [0.1, 0.15) is 11.5 Å². The van der Waals surface area contributed by atoms with E-state index in [0.29, 0.717) is 17.9 Å². The maximum absolute atomic E-state index is 12.9. The molecule has 2 fully saturated rings. The summed E-state index contributed by atoms with van der Waals surface area (Å²) in [5.74, 6) is 0.200. The Balaban J connectivity index is 1.46. The van der Waals surface area contributed by atoms with E-state index >= 15 is 0 Å². The van der Waals surface area contributed by atoms with Gasteiger partial charge in [-0.25, -0.2) is 4.98 Å². The number of aromatic nitrogens is 1. The lowest BCUT2D eigenvalue weighted by Gasteiger charge is -2.28. The quantitative estimate of drug-likeness (QED) is 0.693. The molecule has 1 saturated heterocycles. The van der Waals surface area contributed by atoms with Crippen LogP contribution in [0.4, 0.5) is 5.82 Å². The zero-order valence-electron chi connectivity index (χ0n) is 15.5. The summed E-state index contributed by atoms with van der Waals surface area (Å²) in [6, 6.07) is 6.18. The minimum atomic E-state index is -0.356. The third-order valence-corrected chi connectivity index (χ3v) is 5.52. The Kier molecular flexibility index (Phi) is 4.54. The highest BCUT2D eigenvalue weighted by atomic mass is 16.3. The molecule has 4 N–H and O–H groups in total. The number of anilines is 1. The van der Waals surface area contributed by atoms with Crippen LogP contribution in [0.5, 0.6) is 5.75 Å². The Bertz CT molecular complexity index is 938. The van der Waals surface area contributed by atoms with Gasteiger partial charge in [-0.05, 0) is 56.0 Å². The van der Waals surface area contributed by atoms with Crippen LogP contribution in [0, 0.1) is 5.92 Å². The summed E-state index contributed by atoms with van der Waals surface area (Å²) in [6.07, 6.45) is 5.11. The van der Waals surface area contributed by atoms with Gasteiger partial charge in [0.2, 0.25) is 5.91 Å². The Morgan fingerprint density at radius 1 is 1.36 bits per heavy atom. The van der Waals surface area contributed by atoms with E-state index in [1.54, 1.807) is 31.4 Å². The van der Waals surface area contributed by atoms with E-state index < -0.39 is 0 Å². The molecule has 3 atom stereocenters. The number of carbonyl (C=O) groups excluding carboxylic acids is 2. The fourth-order valence-electron chi connectivity index (χ4n) is 4.14. The number of aromatic hydroxyl groups is 1. The highest BCUT2D eigenvalue weighted by Crippen LogP contribution is 2.39. The van der Waals surface area contributed by atoms with Crippen molar-refractivity contribution in [1.29, 1.82) is 0 Å².